The van der Waals surface area contributed by atoms with Gasteiger partial charge in [0.05, 0.1) is 37.6 Å². The van der Waals surface area contributed by atoms with Crippen molar-refractivity contribution in [3.8, 4) is 0 Å². The summed E-state index contributed by atoms with van der Waals surface area (Å²) in [6, 6.07) is 14.6. The molecule has 0 spiro atoms. The molecule has 0 saturated carbocycles. The van der Waals surface area contributed by atoms with Crippen LogP contribution < -0.4 is 21.3 Å². The second-order valence-electron chi connectivity index (χ2n) is 18.2. The lowest BCUT2D eigenvalue weighted by atomic mass is 10.0. The van der Waals surface area contributed by atoms with Gasteiger partial charge in [-0.15, -0.1) is 0 Å². The van der Waals surface area contributed by atoms with E-state index in [-0.39, 0.29) is 45.8 Å². The summed E-state index contributed by atoms with van der Waals surface area (Å²) in [6.07, 6.45) is -0.743. The first kappa shape index (κ1) is 52.7. The number of hydrogen-bond acceptors (Lipinski definition) is 13. The number of aromatic nitrogens is 1. The number of nitrogens with zero attached hydrogens (tertiary/aromatic N) is 2. The summed E-state index contributed by atoms with van der Waals surface area (Å²) in [6.45, 7) is 13.8. The van der Waals surface area contributed by atoms with E-state index in [9.17, 15) is 37.2 Å². The third-order valence-corrected chi connectivity index (χ3v) is 11.4. The van der Waals surface area contributed by atoms with E-state index in [4.69, 9.17) is 23.9 Å². The van der Waals surface area contributed by atoms with Gasteiger partial charge in [0.2, 0.25) is 27.7 Å². The van der Waals surface area contributed by atoms with E-state index in [1.54, 1.807) is 91.8 Å². The van der Waals surface area contributed by atoms with Gasteiger partial charge in [-0.05, 0) is 84.1 Å². The fraction of sp³-hybridized carbons (Fsp3) is 0.511. The minimum atomic E-state index is -3.96. The zero-order valence-corrected chi connectivity index (χ0v) is 39.8. The topological polar surface area (TPSA) is 238 Å². The van der Waals surface area contributed by atoms with Gasteiger partial charge in [0.1, 0.15) is 35.9 Å². The molecule has 1 aliphatic heterocycles. The van der Waals surface area contributed by atoms with E-state index in [0.717, 1.165) is 10.8 Å². The first-order valence-corrected chi connectivity index (χ1v) is 23.4. The van der Waals surface area contributed by atoms with Crippen molar-refractivity contribution >= 4 is 56.7 Å². The summed E-state index contributed by atoms with van der Waals surface area (Å²) in [5.41, 5.74) is 0.172. The molecule has 1 fully saturated rings. The highest BCUT2D eigenvalue weighted by molar-refractivity contribution is 7.92. The third kappa shape index (κ3) is 18.2. The Hall–Kier alpha value is -5.92. The van der Waals surface area contributed by atoms with Crippen LogP contribution in [0.15, 0.2) is 78.2 Å². The number of benzene rings is 2. The van der Waals surface area contributed by atoms with E-state index in [1.807, 2.05) is 30.3 Å². The van der Waals surface area contributed by atoms with Crippen LogP contribution in [0.25, 0.3) is 10.9 Å². The summed E-state index contributed by atoms with van der Waals surface area (Å²) in [4.78, 5) is 86.5. The second-order valence-corrected chi connectivity index (χ2v) is 20.0. The largest absolute Gasteiger partial charge is 0.460 e. The molecule has 3 aromatic rings. The number of aryl methyl sites for hydroxylation is 1. The molecular weight excluding hydrogens is 873 g/mol. The number of hydrogen-bond donors (Lipinski definition) is 4. The van der Waals surface area contributed by atoms with E-state index in [2.05, 4.69) is 21.3 Å². The van der Waals surface area contributed by atoms with E-state index in [0.29, 0.717) is 16.8 Å². The van der Waals surface area contributed by atoms with Crippen LogP contribution in [-0.2, 0) is 66.0 Å². The van der Waals surface area contributed by atoms with Crippen molar-refractivity contribution in [1.29, 1.82) is 0 Å². The van der Waals surface area contributed by atoms with Gasteiger partial charge in [-0.2, -0.15) is 4.31 Å². The van der Waals surface area contributed by atoms with Crippen LogP contribution in [0.2, 0.25) is 0 Å². The number of nitrogens with one attached hydrogen (secondary N) is 4. The third-order valence-electron chi connectivity index (χ3n) is 9.78. The van der Waals surface area contributed by atoms with Gasteiger partial charge in [-0.25, -0.2) is 13.2 Å². The van der Waals surface area contributed by atoms with Gasteiger partial charge >= 0.3 is 18.0 Å². The van der Waals surface area contributed by atoms with Crippen molar-refractivity contribution in [3.05, 3.63) is 89.5 Å². The number of fused-ring (bicyclic) bond motifs is 1. The van der Waals surface area contributed by atoms with Crippen LogP contribution in [0.5, 0.6) is 0 Å². The quantitative estimate of drug-likeness (QED) is 0.0919. The van der Waals surface area contributed by atoms with Crippen LogP contribution in [0.4, 0.5) is 4.79 Å². The van der Waals surface area contributed by atoms with Crippen LogP contribution in [0.3, 0.4) is 0 Å². The molecule has 1 aliphatic rings. The maximum Gasteiger partial charge on any atom is 0.408 e. The monoisotopic (exact) mass is 936 g/mol. The van der Waals surface area contributed by atoms with Gasteiger partial charge < -0.3 is 40.2 Å². The molecule has 0 bridgehead atoms. The molecule has 4 N–H and O–H groups in total. The minimum absolute atomic E-state index is 0.0453. The Morgan fingerprint density at radius 2 is 1.35 bits per heavy atom. The molecular formula is C47H64N6O12S. The molecule has 1 aromatic heterocycles. The van der Waals surface area contributed by atoms with Crippen LogP contribution >= 0.6 is 0 Å². The Labute approximate surface area is 387 Å². The molecule has 4 atom stereocenters. The van der Waals surface area contributed by atoms with Crippen molar-refractivity contribution in [2.45, 2.75) is 123 Å². The molecule has 18 nitrogen and oxygen atoms in total. The number of alkyl carbamates (subject to hydrolysis) is 1. The van der Waals surface area contributed by atoms with Crippen molar-refractivity contribution in [2.24, 2.45) is 5.92 Å². The van der Waals surface area contributed by atoms with Gasteiger partial charge in [-0.3, -0.25) is 29.0 Å². The number of esters is 2. The lowest BCUT2D eigenvalue weighted by Gasteiger charge is -2.28. The lowest BCUT2D eigenvalue weighted by molar-refractivity contribution is -0.157. The number of morpholine rings is 1. The Morgan fingerprint density at radius 1 is 0.742 bits per heavy atom. The van der Waals surface area contributed by atoms with Crippen molar-refractivity contribution in [2.75, 3.05) is 26.3 Å². The highest BCUT2D eigenvalue weighted by Crippen LogP contribution is 2.17. The fourth-order valence-corrected chi connectivity index (χ4v) is 7.84. The molecule has 0 radical (unpaired) electrons. The molecule has 66 heavy (non-hydrogen) atoms. The first-order chi connectivity index (χ1) is 31.0. The van der Waals surface area contributed by atoms with Crippen molar-refractivity contribution in [1.82, 2.24) is 30.6 Å². The van der Waals surface area contributed by atoms with E-state index >= 15 is 0 Å². The predicted molar refractivity (Wildman–Crippen MR) is 246 cm³/mol. The Bertz CT molecular complexity index is 2290. The van der Waals surface area contributed by atoms with Crippen molar-refractivity contribution < 1.29 is 56.1 Å². The molecule has 19 heteroatoms. The number of pyridine rings is 1. The predicted octanol–water partition coefficient (Wildman–Crippen LogP) is 4.21. The molecule has 1 saturated heterocycles. The summed E-state index contributed by atoms with van der Waals surface area (Å²) >= 11 is 0. The van der Waals surface area contributed by atoms with Crippen LogP contribution in [-0.4, -0.2) is 115 Å². The molecule has 0 unspecified atom stereocenters. The van der Waals surface area contributed by atoms with Crippen LogP contribution in [0.1, 0.15) is 85.9 Å². The maximum atomic E-state index is 14.4. The van der Waals surface area contributed by atoms with E-state index in [1.165, 1.54) is 10.4 Å². The summed E-state index contributed by atoms with van der Waals surface area (Å²) in [5.74, 6) is -4.57. The number of rotatable bonds is 20. The second kappa shape index (κ2) is 24.0. The molecule has 2 aromatic carbocycles. The maximum absolute atomic E-state index is 14.4. The molecule has 0 aliphatic carbocycles. The Morgan fingerprint density at radius 3 is 1.98 bits per heavy atom. The molecule has 4 amide bonds. The molecule has 4 rings (SSSR count). The summed E-state index contributed by atoms with van der Waals surface area (Å²) in [7, 11) is -3.96. The van der Waals surface area contributed by atoms with Crippen molar-refractivity contribution in [3.63, 3.8) is 0 Å². The smallest absolute Gasteiger partial charge is 0.408 e. The number of carbonyl (C=O) groups is 6. The molecule has 360 valence electrons. The van der Waals surface area contributed by atoms with Gasteiger partial charge in [0, 0.05) is 29.6 Å². The molecule has 2 heterocycles. The SMILES string of the molecule is CC(C)[C@H](NC(=O)[C@H](CCc1ccc2ccccc2n1)NC(=O)[C@H](CC(=O)OC(C)(C)C)NC(=O)OCc1ccccc1)C(=O)N[C@H](/C=C/S(=O)(=O)N1CCOCC1)CC(=O)OC(C)(C)C. The number of carbonyl (C=O) groups excluding carboxylic acids is 6. The van der Waals surface area contributed by atoms with E-state index < -0.39 is 99.9 Å². The number of sulfonamides is 1. The van der Waals surface area contributed by atoms with Gasteiger partial charge in [-0.1, -0.05) is 68.4 Å². The minimum Gasteiger partial charge on any atom is -0.460 e. The Balaban J connectivity index is 1.61. The zero-order valence-electron chi connectivity index (χ0n) is 39.0. The number of para-hydroxylation sites is 1. The number of amides is 4. The van der Waals surface area contributed by atoms with Gasteiger partial charge in [0.15, 0.2) is 0 Å². The lowest BCUT2D eigenvalue weighted by Crippen LogP contribution is -2.58. The summed E-state index contributed by atoms with van der Waals surface area (Å²) < 4.78 is 49.2. The average molecular weight is 937 g/mol. The number of ether oxygens (including phenoxy) is 4. The average Bonchev–Trinajstić information content (AvgIpc) is 3.24. The normalized spacial score (nSPS) is 15.5. The Kier molecular flexibility index (Phi) is 19.2. The summed E-state index contributed by atoms with van der Waals surface area (Å²) in [5, 5.41) is 12.3. The fourth-order valence-electron chi connectivity index (χ4n) is 6.62. The van der Waals surface area contributed by atoms with Gasteiger partial charge in [0.25, 0.3) is 0 Å². The van der Waals surface area contributed by atoms with Crippen LogP contribution in [0, 0.1) is 5.92 Å². The zero-order chi connectivity index (χ0) is 48.7. The first-order valence-electron chi connectivity index (χ1n) is 21.9. The standard InChI is InChI=1S/C47H64N6O12S/c1-31(2)41(44(58)49-35(28-39(54)64-46(3,4)5)22-27-66(60,61)53-23-25-62-26-24-53)52-42(56)37(21-20-34-19-18-33-16-12-13-17-36(33)48-34)50-43(57)38(29-40(55)65-47(6,7)8)51-45(59)63-30-32-14-10-9-11-15-32/h9-19,22,27,31,35,37-38,41H,20-21,23-26,28-30H2,1-8H3,(H,49,58)(H,50,57)(H,51,59)(H,52,56)/b27-22+/t35-,37+,38+,41+/m1/s1. The highest BCUT2D eigenvalue weighted by atomic mass is 32.2. The highest BCUT2D eigenvalue weighted by Gasteiger charge is 2.34.